The van der Waals surface area contributed by atoms with Crippen LogP contribution in [0.5, 0.6) is 23.0 Å². The molecule has 4 aromatic carbocycles. The summed E-state index contributed by atoms with van der Waals surface area (Å²) in [4.78, 5) is 22.8. The smallest absolute Gasteiger partial charge is 0.346 e. The number of ether oxygens (including phenoxy) is 2. The SMILES string of the molecule is [C-]#[N+]c1cc(F)cc(Oc2ccc3c4c2C(=NCCCC)CCC4(O)C(F)(F)C3(F)F)c1.[C-]#[N+]c1cc(F)cc(Oc2ccc3c4c2C(=O)C(F)(F)CC4(O)C(F)(F)C3(F)F)c1. The highest BCUT2D eigenvalue weighted by Gasteiger charge is 2.81. The number of carbonyl (C=O) groups excluding carboxylic acids is 1. The fraction of sp³-hybridized carbons (Fsp3) is 0.333. The minimum atomic E-state index is -5.34. The van der Waals surface area contributed by atoms with Crippen LogP contribution in [0.4, 0.5) is 64.1 Å². The Morgan fingerprint density at radius 1 is 0.694 bits per heavy atom. The second kappa shape index (κ2) is 14.5. The lowest BCUT2D eigenvalue weighted by Crippen LogP contribution is -2.55. The zero-order chi connectivity index (χ0) is 45.6. The summed E-state index contributed by atoms with van der Waals surface area (Å²) in [5, 5.41) is 21.1. The number of aliphatic hydroxyl groups is 2. The van der Waals surface area contributed by atoms with Crippen molar-refractivity contribution < 1.29 is 77.2 Å². The number of aliphatic imine (C=N–C) groups is 1. The number of halogens is 12. The highest BCUT2D eigenvalue weighted by Crippen LogP contribution is 2.67. The van der Waals surface area contributed by atoms with Crippen LogP contribution >= 0.6 is 0 Å². The first-order valence-corrected chi connectivity index (χ1v) is 18.3. The van der Waals surface area contributed by atoms with Crippen LogP contribution in [0.1, 0.15) is 77.2 Å². The minimum Gasteiger partial charge on any atom is -0.458 e. The van der Waals surface area contributed by atoms with Gasteiger partial charge in [0.1, 0.15) is 34.6 Å². The van der Waals surface area contributed by atoms with E-state index in [0.29, 0.717) is 31.2 Å². The fourth-order valence-corrected chi connectivity index (χ4v) is 8.02. The van der Waals surface area contributed by atoms with Crippen molar-refractivity contribution in [1.82, 2.24) is 0 Å². The van der Waals surface area contributed by atoms with Crippen LogP contribution in [-0.2, 0) is 23.0 Å². The molecular formula is C42H27F12N3O5. The van der Waals surface area contributed by atoms with E-state index < -0.39 is 110 Å². The van der Waals surface area contributed by atoms with Crippen molar-refractivity contribution in [2.45, 2.75) is 79.8 Å². The molecule has 2 unspecified atom stereocenters. The van der Waals surface area contributed by atoms with E-state index in [4.69, 9.17) is 22.6 Å². The van der Waals surface area contributed by atoms with Crippen molar-refractivity contribution in [1.29, 1.82) is 0 Å². The van der Waals surface area contributed by atoms with Crippen LogP contribution in [0.2, 0.25) is 0 Å². The average molecular weight is 882 g/mol. The number of carbonyl (C=O) groups is 1. The van der Waals surface area contributed by atoms with Crippen molar-refractivity contribution >= 4 is 22.9 Å². The van der Waals surface area contributed by atoms with Crippen LogP contribution in [0.3, 0.4) is 0 Å². The molecule has 0 heterocycles. The lowest BCUT2D eigenvalue weighted by molar-refractivity contribution is -0.297. The van der Waals surface area contributed by atoms with Gasteiger partial charge in [-0.15, -0.1) is 0 Å². The molecule has 8 rings (SSSR count). The highest BCUT2D eigenvalue weighted by molar-refractivity contribution is 6.07. The van der Waals surface area contributed by atoms with Gasteiger partial charge in [0.05, 0.1) is 25.1 Å². The highest BCUT2D eigenvalue weighted by atomic mass is 19.3. The summed E-state index contributed by atoms with van der Waals surface area (Å²) in [5.41, 5.74) is -13.1. The molecule has 8 nitrogen and oxygen atoms in total. The van der Waals surface area contributed by atoms with E-state index in [2.05, 4.69) is 14.7 Å². The van der Waals surface area contributed by atoms with Gasteiger partial charge in [-0.1, -0.05) is 13.3 Å². The summed E-state index contributed by atoms with van der Waals surface area (Å²) < 4.78 is 183. The lowest BCUT2D eigenvalue weighted by atomic mass is 9.76. The number of hydrogen-bond donors (Lipinski definition) is 2. The van der Waals surface area contributed by atoms with Gasteiger partial charge in [-0.05, 0) is 67.8 Å². The third-order valence-corrected chi connectivity index (χ3v) is 11.0. The van der Waals surface area contributed by atoms with Crippen LogP contribution in [0, 0.1) is 24.8 Å². The number of nitrogens with zero attached hydrogens (tertiary/aromatic N) is 3. The Balaban J connectivity index is 0.000000187. The topological polar surface area (TPSA) is 97.1 Å². The molecule has 0 aromatic heterocycles. The molecule has 0 spiro atoms. The summed E-state index contributed by atoms with van der Waals surface area (Å²) in [7, 11) is 0. The fourth-order valence-electron chi connectivity index (χ4n) is 8.02. The quantitative estimate of drug-likeness (QED) is 0.109. The van der Waals surface area contributed by atoms with Gasteiger partial charge >= 0.3 is 29.6 Å². The van der Waals surface area contributed by atoms with Gasteiger partial charge < -0.3 is 19.7 Å². The molecule has 0 saturated heterocycles. The maximum atomic E-state index is 14.8. The maximum Gasteiger partial charge on any atom is 0.346 e. The van der Waals surface area contributed by atoms with Crippen molar-refractivity contribution in [3.05, 3.63) is 129 Å². The maximum absolute atomic E-state index is 14.8. The van der Waals surface area contributed by atoms with E-state index in [0.717, 1.165) is 42.8 Å². The molecule has 4 aliphatic rings. The molecule has 0 saturated carbocycles. The molecule has 2 N–H and O–H groups in total. The number of ketones is 1. The third kappa shape index (κ3) is 6.28. The van der Waals surface area contributed by atoms with E-state index in [1.54, 1.807) is 0 Å². The second-order valence-corrected chi connectivity index (χ2v) is 14.9. The van der Waals surface area contributed by atoms with E-state index in [1.165, 1.54) is 6.07 Å². The Kier molecular flexibility index (Phi) is 10.3. The predicted octanol–water partition coefficient (Wildman–Crippen LogP) is 11.8. The molecular weight excluding hydrogens is 854 g/mol. The van der Waals surface area contributed by atoms with Gasteiger partial charge in [-0.2, -0.15) is 43.9 Å². The molecule has 4 aromatic rings. The molecule has 62 heavy (non-hydrogen) atoms. The third-order valence-electron chi connectivity index (χ3n) is 11.0. The Morgan fingerprint density at radius 3 is 1.65 bits per heavy atom. The zero-order valence-electron chi connectivity index (χ0n) is 31.5. The molecule has 0 bridgehead atoms. The van der Waals surface area contributed by atoms with E-state index >= 15 is 0 Å². The molecule has 324 valence electrons. The van der Waals surface area contributed by atoms with Gasteiger partial charge in [0, 0.05) is 52.2 Å². The lowest BCUT2D eigenvalue weighted by Gasteiger charge is -2.38. The van der Waals surface area contributed by atoms with Gasteiger partial charge in [0.15, 0.2) is 22.6 Å². The monoisotopic (exact) mass is 881 g/mol. The second-order valence-electron chi connectivity index (χ2n) is 14.9. The molecule has 20 heteroatoms. The summed E-state index contributed by atoms with van der Waals surface area (Å²) in [6, 6.07) is 8.57. The van der Waals surface area contributed by atoms with E-state index in [-0.39, 0.29) is 40.6 Å². The van der Waals surface area contributed by atoms with E-state index in [1.807, 2.05) is 6.92 Å². The standard InChI is InChI=1S/C23H19F5N2O2.C19H8F7NO3/c1-3-4-9-30-17-7-8-21(31)20-16(22(25,26)23(21,27)28)5-6-18(19(17)20)32-15-11-13(24)10-14(12-15)29-2;1-27-9-4-8(20)5-10(6-9)30-12-3-2-11-14-13(12)15(28)17(21,22)7-16(14,29)19(25,26)18(11,23)24/h5-6,10-12,31H,3-4,7-9H2,1H3;2-6,29H,7H2. The van der Waals surface area contributed by atoms with Gasteiger partial charge in [-0.25, -0.2) is 18.5 Å². The summed E-state index contributed by atoms with van der Waals surface area (Å²) in [5.74, 6) is -29.7. The average Bonchev–Trinajstić information content (AvgIpc) is 3.39. The van der Waals surface area contributed by atoms with Crippen molar-refractivity contribution in [2.24, 2.45) is 4.99 Å². The summed E-state index contributed by atoms with van der Waals surface area (Å²) in [6.45, 7) is 16.2. The zero-order valence-corrected chi connectivity index (χ0v) is 31.5. The van der Waals surface area contributed by atoms with Crippen LogP contribution in [0.25, 0.3) is 9.69 Å². The van der Waals surface area contributed by atoms with Crippen LogP contribution in [0.15, 0.2) is 65.7 Å². The first-order valence-electron chi connectivity index (χ1n) is 18.3. The predicted molar refractivity (Wildman–Crippen MR) is 193 cm³/mol. The summed E-state index contributed by atoms with van der Waals surface area (Å²) >= 11 is 0. The molecule has 2 atom stereocenters. The normalized spacial score (nSPS) is 24.2. The van der Waals surface area contributed by atoms with Gasteiger partial charge in [0.2, 0.25) is 5.78 Å². The van der Waals surface area contributed by atoms with Gasteiger partial charge in [-0.3, -0.25) is 9.79 Å². The molecule has 0 amide bonds. The van der Waals surface area contributed by atoms with Gasteiger partial charge in [0.25, 0.3) is 0 Å². The Morgan fingerprint density at radius 2 is 1.16 bits per heavy atom. The Labute approximate surface area is 342 Å². The summed E-state index contributed by atoms with van der Waals surface area (Å²) in [6.07, 6.45) is -1.51. The number of benzene rings is 4. The molecule has 0 radical (unpaired) electrons. The first-order chi connectivity index (χ1) is 28.8. The number of hydrogen-bond acceptors (Lipinski definition) is 6. The molecule has 0 aliphatic heterocycles. The Bertz CT molecular complexity index is 2670. The van der Waals surface area contributed by atoms with Crippen molar-refractivity contribution in [3.63, 3.8) is 0 Å². The number of rotatable bonds is 7. The van der Waals surface area contributed by atoms with Crippen molar-refractivity contribution in [2.75, 3.05) is 6.54 Å². The number of Topliss-reactive ketones (excluding diaryl/α,β-unsaturated/α-hetero) is 1. The first kappa shape index (κ1) is 44.0. The van der Waals surface area contributed by atoms with Crippen LogP contribution in [-0.4, -0.2) is 46.0 Å². The largest absolute Gasteiger partial charge is 0.458 e. The number of alkyl halides is 10. The van der Waals surface area contributed by atoms with E-state index in [9.17, 15) is 67.7 Å². The molecule has 4 aliphatic carbocycles. The minimum absolute atomic E-state index is 0.0544. The van der Waals surface area contributed by atoms with Crippen molar-refractivity contribution in [3.8, 4) is 23.0 Å². The molecule has 0 fully saturated rings. The number of unbranched alkanes of at least 4 members (excludes halogenated alkanes) is 1. The van der Waals surface area contributed by atoms with Crippen LogP contribution < -0.4 is 9.47 Å². The Hall–Kier alpha value is -6.12.